The molecule has 0 aromatic rings. The lowest BCUT2D eigenvalue weighted by molar-refractivity contribution is 1.07. The molecule has 0 unspecified atom stereocenters. The summed E-state index contributed by atoms with van der Waals surface area (Å²) in [5, 5.41) is 0. The highest BCUT2D eigenvalue weighted by atomic mass is 28.3. The van der Waals surface area contributed by atoms with Gasteiger partial charge in [0.05, 0.1) is 0 Å². The van der Waals surface area contributed by atoms with Crippen LogP contribution in [0.3, 0.4) is 0 Å². The molecular formula is C12H18Si2. The van der Waals surface area contributed by atoms with E-state index in [0.29, 0.717) is 0 Å². The molecule has 0 nitrogen and oxygen atoms in total. The average molecular weight is 218 g/mol. The normalized spacial score (nSPS) is 10.7. The molecule has 0 aromatic carbocycles. The Balaban J connectivity index is 4.96. The Morgan fingerprint density at radius 1 is 1.00 bits per heavy atom. The van der Waals surface area contributed by atoms with Gasteiger partial charge in [0.2, 0.25) is 0 Å². The van der Waals surface area contributed by atoms with E-state index in [1.54, 1.807) is 0 Å². The Morgan fingerprint density at radius 2 is 1.50 bits per heavy atom. The van der Waals surface area contributed by atoms with Crippen molar-refractivity contribution in [3.63, 3.8) is 0 Å². The molecule has 0 spiro atoms. The smallest absolute Gasteiger partial charge is 0.137 e. The van der Waals surface area contributed by atoms with Crippen LogP contribution in [0.15, 0.2) is 0 Å². The van der Waals surface area contributed by atoms with Crippen molar-refractivity contribution in [3.8, 4) is 35.0 Å². The molecule has 2 heteroatoms. The summed E-state index contributed by atoms with van der Waals surface area (Å²) < 4.78 is 0. The van der Waals surface area contributed by atoms with Crippen LogP contribution < -0.4 is 0 Å². The van der Waals surface area contributed by atoms with Gasteiger partial charge in [-0.05, 0) is 6.04 Å². The molecule has 0 rings (SSSR count). The van der Waals surface area contributed by atoms with Gasteiger partial charge in [0.15, 0.2) is 0 Å². The minimum absolute atomic E-state index is 0.928. The van der Waals surface area contributed by atoms with Gasteiger partial charge in [-0.3, -0.25) is 0 Å². The Morgan fingerprint density at radius 3 is 1.79 bits per heavy atom. The van der Waals surface area contributed by atoms with Gasteiger partial charge in [-0.2, -0.15) is 0 Å². The summed E-state index contributed by atoms with van der Waals surface area (Å²) in [5.41, 5.74) is 12.1. The van der Waals surface area contributed by atoms with Crippen LogP contribution in [-0.2, 0) is 0 Å². The second-order valence-corrected chi connectivity index (χ2v) is 12.3. The SMILES string of the molecule is C#C[Si](C#C)(C#C[Si](C)(C)C)CCC. The highest BCUT2D eigenvalue weighted by Crippen LogP contribution is 2.10. The van der Waals surface area contributed by atoms with E-state index >= 15 is 0 Å². The van der Waals surface area contributed by atoms with Crippen molar-refractivity contribution in [3.05, 3.63) is 0 Å². The van der Waals surface area contributed by atoms with E-state index in [9.17, 15) is 0 Å². The van der Waals surface area contributed by atoms with Crippen LogP contribution in [0.5, 0.6) is 0 Å². The van der Waals surface area contributed by atoms with Crippen LogP contribution in [0.25, 0.3) is 0 Å². The lowest BCUT2D eigenvalue weighted by atomic mass is 10.6. The Labute approximate surface area is 90.5 Å². The van der Waals surface area contributed by atoms with E-state index in [2.05, 4.69) is 48.7 Å². The molecule has 0 fully saturated rings. The third kappa shape index (κ3) is 4.38. The van der Waals surface area contributed by atoms with Gasteiger partial charge in [-0.1, -0.05) is 33.0 Å². The van der Waals surface area contributed by atoms with Crippen LogP contribution in [0, 0.1) is 35.0 Å². The van der Waals surface area contributed by atoms with E-state index in [-0.39, 0.29) is 0 Å². The molecule has 14 heavy (non-hydrogen) atoms. The zero-order chi connectivity index (χ0) is 11.2. The maximum atomic E-state index is 5.52. The third-order valence-corrected chi connectivity index (χ3v) is 5.68. The van der Waals surface area contributed by atoms with Crippen LogP contribution in [0.4, 0.5) is 0 Å². The fourth-order valence-electron chi connectivity index (χ4n) is 0.990. The molecule has 0 radical (unpaired) electrons. The van der Waals surface area contributed by atoms with Crippen molar-refractivity contribution in [1.82, 2.24) is 0 Å². The minimum atomic E-state index is -2.12. The number of hydrogen-bond acceptors (Lipinski definition) is 0. The number of terminal acetylenes is 2. The van der Waals surface area contributed by atoms with Crippen molar-refractivity contribution >= 4 is 16.1 Å². The summed E-state index contributed by atoms with van der Waals surface area (Å²) in [6.07, 6.45) is 12.1. The van der Waals surface area contributed by atoms with E-state index in [0.717, 1.165) is 12.5 Å². The van der Waals surface area contributed by atoms with Crippen LogP contribution in [0.2, 0.25) is 25.7 Å². The van der Waals surface area contributed by atoms with Crippen molar-refractivity contribution in [2.75, 3.05) is 0 Å². The van der Waals surface area contributed by atoms with Crippen molar-refractivity contribution in [2.45, 2.75) is 39.0 Å². The van der Waals surface area contributed by atoms with Crippen molar-refractivity contribution < 1.29 is 0 Å². The van der Waals surface area contributed by atoms with Gasteiger partial charge in [-0.15, -0.1) is 35.0 Å². The Bertz CT molecular complexity index is 309. The lowest BCUT2D eigenvalue weighted by Crippen LogP contribution is -2.31. The van der Waals surface area contributed by atoms with Crippen LogP contribution in [-0.4, -0.2) is 16.1 Å². The van der Waals surface area contributed by atoms with E-state index in [4.69, 9.17) is 12.8 Å². The van der Waals surface area contributed by atoms with Gasteiger partial charge in [-0.25, -0.2) is 0 Å². The summed E-state index contributed by atoms with van der Waals surface area (Å²) in [6, 6.07) is 0.928. The monoisotopic (exact) mass is 218 g/mol. The first kappa shape index (κ1) is 13.1. The van der Waals surface area contributed by atoms with Gasteiger partial charge in [0.1, 0.15) is 8.07 Å². The summed E-state index contributed by atoms with van der Waals surface area (Å²) in [7, 11) is -3.47. The van der Waals surface area contributed by atoms with E-state index in [1.165, 1.54) is 0 Å². The highest BCUT2D eigenvalue weighted by Gasteiger charge is 2.26. The molecule has 0 amide bonds. The van der Waals surface area contributed by atoms with Crippen LogP contribution in [0.1, 0.15) is 13.3 Å². The molecule has 0 aliphatic carbocycles. The van der Waals surface area contributed by atoms with Gasteiger partial charge in [0.25, 0.3) is 8.07 Å². The maximum Gasteiger partial charge on any atom is 0.289 e. The molecule has 0 saturated carbocycles. The van der Waals surface area contributed by atoms with Crippen LogP contribution >= 0.6 is 0 Å². The topological polar surface area (TPSA) is 0 Å². The number of rotatable bonds is 2. The minimum Gasteiger partial charge on any atom is -0.137 e. The second-order valence-electron chi connectivity index (χ2n) is 4.44. The van der Waals surface area contributed by atoms with Crippen molar-refractivity contribution in [1.29, 1.82) is 0 Å². The summed E-state index contributed by atoms with van der Waals surface area (Å²) in [6.45, 7) is 8.72. The standard InChI is InChI=1S/C12H18Si2/c1-7-10-14(8-2,9-3)12-11-13(4,5)6/h2-3H,7,10H2,1,4-6H3. The first-order valence-corrected chi connectivity index (χ1v) is 10.6. The molecule has 0 saturated heterocycles. The first-order chi connectivity index (χ1) is 6.39. The second kappa shape index (κ2) is 5.11. The molecular weight excluding hydrogens is 200 g/mol. The molecule has 0 aromatic heterocycles. The van der Waals surface area contributed by atoms with E-state index in [1.807, 2.05) is 0 Å². The summed E-state index contributed by atoms with van der Waals surface area (Å²) in [4.78, 5) is 0. The predicted octanol–water partition coefficient (Wildman–Crippen LogP) is 2.61. The largest absolute Gasteiger partial charge is 0.289 e. The maximum absolute atomic E-state index is 5.52. The average Bonchev–Trinajstić information content (AvgIpc) is 2.11. The Kier molecular flexibility index (Phi) is 4.79. The molecule has 0 heterocycles. The predicted molar refractivity (Wildman–Crippen MR) is 69.6 cm³/mol. The Hall–Kier alpha value is -0.886. The molecule has 0 aliphatic heterocycles. The zero-order valence-electron chi connectivity index (χ0n) is 9.57. The zero-order valence-corrected chi connectivity index (χ0v) is 11.6. The molecule has 0 atom stereocenters. The molecule has 0 bridgehead atoms. The van der Waals surface area contributed by atoms with Crippen molar-refractivity contribution in [2.24, 2.45) is 0 Å². The molecule has 74 valence electrons. The van der Waals surface area contributed by atoms with Gasteiger partial charge < -0.3 is 0 Å². The van der Waals surface area contributed by atoms with Gasteiger partial charge in [0, 0.05) is 0 Å². The first-order valence-electron chi connectivity index (χ1n) is 4.89. The molecule has 0 N–H and O–H groups in total. The molecule has 0 aliphatic rings. The summed E-state index contributed by atoms with van der Waals surface area (Å²) in [5.74, 6) is 0. The fraction of sp³-hybridized carbons (Fsp3) is 0.500. The third-order valence-electron chi connectivity index (χ3n) is 1.77. The summed E-state index contributed by atoms with van der Waals surface area (Å²) >= 11 is 0. The highest BCUT2D eigenvalue weighted by molar-refractivity contribution is 7.01. The quantitative estimate of drug-likeness (QED) is 0.494. The number of hydrogen-bond donors (Lipinski definition) is 0. The fourth-order valence-corrected chi connectivity index (χ4v) is 4.73. The lowest BCUT2D eigenvalue weighted by Gasteiger charge is -2.12. The van der Waals surface area contributed by atoms with E-state index < -0.39 is 16.1 Å². The van der Waals surface area contributed by atoms with Gasteiger partial charge >= 0.3 is 0 Å².